The Morgan fingerprint density at radius 3 is 0.991 bits per heavy atom. The van der Waals surface area contributed by atoms with E-state index in [2.05, 4.69) is 243 Å². The van der Waals surface area contributed by atoms with Gasteiger partial charge in [-0.15, -0.1) is 0 Å². The van der Waals surface area contributed by atoms with E-state index < -0.39 is 0 Å². The molecule has 10 aromatic heterocycles. The smallest absolute Gasteiger partial charge is 0.227 e. The van der Waals surface area contributed by atoms with E-state index in [0.717, 1.165) is 189 Å². The minimum Gasteiger partial charge on any atom is -0.436 e. The van der Waals surface area contributed by atoms with Crippen LogP contribution >= 0.6 is 0 Å². The summed E-state index contributed by atoms with van der Waals surface area (Å²) in [4.78, 5) is 41.1. The topological polar surface area (TPSA) is 175 Å². The van der Waals surface area contributed by atoms with Crippen molar-refractivity contribution in [3.63, 3.8) is 0 Å². The number of hydrogen-bond donors (Lipinski definition) is 0. The molecule has 0 atom stereocenters. The third kappa shape index (κ3) is 10.6. The molecule has 0 fully saturated rings. The van der Waals surface area contributed by atoms with E-state index in [1.54, 1.807) is 0 Å². The van der Waals surface area contributed by atoms with Crippen molar-refractivity contribution in [2.24, 2.45) is 0 Å². The predicted octanol–water partition coefficient (Wildman–Crippen LogP) is 24.9. The third-order valence-electron chi connectivity index (χ3n) is 22.3. The zero-order valence-corrected chi connectivity index (χ0v) is 61.5. The van der Waals surface area contributed by atoms with E-state index in [1.165, 1.54) is 0 Å². The van der Waals surface area contributed by atoms with Crippen molar-refractivity contribution >= 4 is 110 Å². The van der Waals surface area contributed by atoms with Gasteiger partial charge in [0.25, 0.3) is 0 Å². The summed E-state index contributed by atoms with van der Waals surface area (Å²) < 4.78 is 35.3. The molecule has 0 unspecified atom stereocenters. The monoisotopic (exact) mass is 1490 g/mol. The first kappa shape index (κ1) is 64.6. The molecule has 116 heavy (non-hydrogen) atoms. The molecule has 24 aromatic rings. The zero-order valence-electron chi connectivity index (χ0n) is 61.5. The summed E-state index contributed by atoms with van der Waals surface area (Å²) in [6, 6.07) is 116. The van der Waals surface area contributed by atoms with Gasteiger partial charge in [-0.3, -0.25) is 18.3 Å². The second-order valence-corrected chi connectivity index (χ2v) is 29.1. The highest BCUT2D eigenvalue weighted by Crippen LogP contribution is 2.43. The average Bonchev–Trinajstić information content (AvgIpc) is 1.58. The quantitative estimate of drug-likeness (QED) is 0.107. The van der Waals surface area contributed by atoms with Crippen LogP contribution in [0.15, 0.2) is 370 Å². The SMILES string of the molecule is c1ccc(-c2ccc(-n3c(-c4ccc(-n5c6ccc(-c7nc8ccccc8o7)cc6c6cc(-c7nc8cc(-c9ccc%10nc(-c%11ccc%12c(c%11)c%11cc(-c%13nc%14ccc(-c%15ccccc%15)cc%14o%13)ccc%11n%12-c%11ccc(-c%12nc%13ccccc%13n%12-c%12ccccc%12)cn%11)oc%10c9)ccc8o7)ccc65)nc4)nc4ccccc43)cc2)cc1. The maximum atomic E-state index is 6.80. The van der Waals surface area contributed by atoms with Gasteiger partial charge in [-0.05, 0) is 228 Å². The van der Waals surface area contributed by atoms with Gasteiger partial charge in [0.15, 0.2) is 22.3 Å². The predicted molar refractivity (Wildman–Crippen MR) is 459 cm³/mol. The first-order valence-electron chi connectivity index (χ1n) is 38.3. The van der Waals surface area contributed by atoms with Crippen molar-refractivity contribution in [1.29, 1.82) is 0 Å². The molecule has 14 aromatic carbocycles. The van der Waals surface area contributed by atoms with Crippen LogP contribution in [0.5, 0.6) is 0 Å². The maximum absolute atomic E-state index is 6.80. The molecule has 0 N–H and O–H groups in total. The maximum Gasteiger partial charge on any atom is 0.227 e. The van der Waals surface area contributed by atoms with Crippen molar-refractivity contribution in [3.05, 3.63) is 352 Å². The average molecular weight is 1490 g/mol. The fourth-order valence-corrected chi connectivity index (χ4v) is 16.7. The Morgan fingerprint density at radius 2 is 0.526 bits per heavy atom. The molecule has 0 saturated heterocycles. The van der Waals surface area contributed by atoms with Crippen molar-refractivity contribution < 1.29 is 17.7 Å². The Labute approximate surface area is 659 Å². The minimum absolute atomic E-state index is 0.483. The van der Waals surface area contributed by atoms with E-state index >= 15 is 0 Å². The van der Waals surface area contributed by atoms with Crippen LogP contribution < -0.4 is 0 Å². The molecule has 542 valence electrons. The lowest BCUT2D eigenvalue weighted by Crippen LogP contribution is -2.00. The Morgan fingerprint density at radius 1 is 0.190 bits per heavy atom. The van der Waals surface area contributed by atoms with Crippen LogP contribution in [0.25, 0.3) is 235 Å². The third-order valence-corrected chi connectivity index (χ3v) is 22.3. The van der Waals surface area contributed by atoms with Gasteiger partial charge in [0.1, 0.15) is 45.4 Å². The Kier molecular flexibility index (Phi) is 14.3. The van der Waals surface area contributed by atoms with Crippen molar-refractivity contribution in [2.45, 2.75) is 0 Å². The molecule has 24 rings (SSSR count). The molecule has 16 nitrogen and oxygen atoms in total. The molecule has 0 amide bonds. The molecule has 0 aliphatic heterocycles. The molecule has 10 heterocycles. The lowest BCUT2D eigenvalue weighted by atomic mass is 10.0. The summed E-state index contributed by atoms with van der Waals surface area (Å²) in [5.74, 6) is 5.09. The number of imidazole rings is 2. The zero-order chi connectivity index (χ0) is 76.1. The highest BCUT2D eigenvalue weighted by Gasteiger charge is 2.25. The number of benzene rings is 14. The summed E-state index contributed by atoms with van der Waals surface area (Å²) in [6.45, 7) is 0. The van der Waals surface area contributed by atoms with E-state index in [-0.39, 0.29) is 0 Å². The van der Waals surface area contributed by atoms with Crippen LogP contribution in [-0.2, 0) is 0 Å². The number of pyridine rings is 2. The normalized spacial score (nSPS) is 12.0. The molecule has 0 bridgehead atoms. The van der Waals surface area contributed by atoms with Gasteiger partial charge in [-0.1, -0.05) is 146 Å². The fraction of sp³-hybridized carbons (Fsp3) is 0. The van der Waals surface area contributed by atoms with Crippen LogP contribution in [0.2, 0.25) is 0 Å². The second-order valence-electron chi connectivity index (χ2n) is 29.1. The first-order valence-corrected chi connectivity index (χ1v) is 38.3. The molecule has 0 aliphatic rings. The number of rotatable bonds is 13. The van der Waals surface area contributed by atoms with Gasteiger partial charge >= 0.3 is 0 Å². The van der Waals surface area contributed by atoms with Crippen LogP contribution in [0, 0.1) is 0 Å². The van der Waals surface area contributed by atoms with Gasteiger partial charge in [0.2, 0.25) is 23.6 Å². The lowest BCUT2D eigenvalue weighted by molar-refractivity contribution is 0.619. The first-order chi connectivity index (χ1) is 57.4. The summed E-state index contributed by atoms with van der Waals surface area (Å²) in [5, 5.41) is 3.89. The highest BCUT2D eigenvalue weighted by atomic mass is 16.4. The summed E-state index contributed by atoms with van der Waals surface area (Å²) in [7, 11) is 0. The fourth-order valence-electron chi connectivity index (χ4n) is 16.7. The Hall–Kier alpha value is -16.2. The standard InChI is InChI=1S/C100H58N12O4/c1-4-16-59(17-5-1)61-28-39-72(40-29-61)110-88-26-14-11-23-78(88)104-96(110)70-38-49-94(102-58-70)111-83-43-32-65(97-105-79-24-12-15-27-89(79)113-97)50-73(83)76-53-68(35-46-86(76)111)100-108-82-54-62(36-47-90(82)114-100)64-31-42-81-92(56-64)116-99(107-81)67-34-45-85-75(52-67)74-51-66(98-106-80-41-30-63(55-91(80)115-98)60-18-6-2-7-19-60)33-44-84(74)112(85)93-48-37-69(57-101-93)95-103-77-22-10-13-25-87(77)109(95)71-20-8-3-9-21-71/h1-58H. The number of fused-ring (bicyclic) bond motifs is 12. The van der Waals surface area contributed by atoms with E-state index in [9.17, 15) is 0 Å². The molecule has 0 spiro atoms. The molecule has 16 heteroatoms. The Balaban J connectivity index is 0.567. The molecular formula is C100H58N12O4. The van der Waals surface area contributed by atoms with Crippen LogP contribution in [0.4, 0.5) is 0 Å². The van der Waals surface area contributed by atoms with E-state index in [1.807, 2.05) is 128 Å². The summed E-state index contributed by atoms with van der Waals surface area (Å²) in [6.07, 6.45) is 3.84. The minimum atomic E-state index is 0.483. The van der Waals surface area contributed by atoms with Gasteiger partial charge in [0.05, 0.1) is 44.1 Å². The van der Waals surface area contributed by atoms with Gasteiger partial charge in [-0.25, -0.2) is 39.9 Å². The van der Waals surface area contributed by atoms with Crippen LogP contribution in [-0.4, -0.2) is 58.1 Å². The highest BCUT2D eigenvalue weighted by molar-refractivity contribution is 6.13. The molecule has 0 aliphatic carbocycles. The molecule has 0 saturated carbocycles. The summed E-state index contributed by atoms with van der Waals surface area (Å²) in [5.41, 5.74) is 26.7. The number of hydrogen-bond acceptors (Lipinski definition) is 12. The molecular weight excluding hydrogens is 1430 g/mol. The van der Waals surface area contributed by atoms with Crippen molar-refractivity contribution in [2.75, 3.05) is 0 Å². The number of para-hydroxylation sites is 7. The Bertz CT molecular complexity index is 8040. The van der Waals surface area contributed by atoms with Crippen LogP contribution in [0.3, 0.4) is 0 Å². The van der Waals surface area contributed by atoms with E-state index in [0.29, 0.717) is 45.8 Å². The summed E-state index contributed by atoms with van der Waals surface area (Å²) >= 11 is 0. The number of aromatic nitrogens is 12. The number of nitrogens with zero attached hydrogens (tertiary/aromatic N) is 12. The lowest BCUT2D eigenvalue weighted by Gasteiger charge is -2.12. The van der Waals surface area contributed by atoms with Crippen LogP contribution in [0.1, 0.15) is 0 Å². The van der Waals surface area contributed by atoms with Gasteiger partial charge < -0.3 is 17.7 Å². The van der Waals surface area contributed by atoms with Gasteiger partial charge in [0, 0.05) is 78.7 Å². The largest absolute Gasteiger partial charge is 0.436 e. The van der Waals surface area contributed by atoms with Crippen molar-refractivity contribution in [3.8, 4) is 125 Å². The van der Waals surface area contributed by atoms with E-state index in [4.69, 9.17) is 57.5 Å². The van der Waals surface area contributed by atoms with Crippen molar-refractivity contribution in [1.82, 2.24) is 58.1 Å². The molecule has 0 radical (unpaired) electrons. The second kappa shape index (κ2) is 25.7. The van der Waals surface area contributed by atoms with Gasteiger partial charge in [-0.2, -0.15) is 0 Å². The number of oxazole rings is 4.